The highest BCUT2D eigenvalue weighted by molar-refractivity contribution is 5.80. The molecule has 3 aromatic carbocycles. The summed E-state index contributed by atoms with van der Waals surface area (Å²) in [6.45, 7) is -0.170. The number of alkyl halides is 3. The summed E-state index contributed by atoms with van der Waals surface area (Å²) in [4.78, 5) is 14.4. The maximum Gasteiger partial charge on any atom is 0.573 e. The van der Waals surface area contributed by atoms with E-state index in [2.05, 4.69) is 4.74 Å². The SMILES string of the molecule is O=C1CCC(c2ccc(-c3ccc(OC(F)(F)F)cc3)cc2)N1[C@@H](CO)c1ccccc1. The zero-order valence-corrected chi connectivity index (χ0v) is 17.1. The highest BCUT2D eigenvalue weighted by Crippen LogP contribution is 2.40. The van der Waals surface area contributed by atoms with E-state index in [1.165, 1.54) is 12.1 Å². The first-order chi connectivity index (χ1) is 15.4. The minimum Gasteiger partial charge on any atom is -0.406 e. The summed E-state index contributed by atoms with van der Waals surface area (Å²) >= 11 is 0. The van der Waals surface area contributed by atoms with Crippen LogP contribution in [0.5, 0.6) is 5.75 Å². The number of hydrogen-bond acceptors (Lipinski definition) is 3. The molecule has 1 aliphatic heterocycles. The van der Waals surface area contributed by atoms with E-state index in [1.54, 1.807) is 17.0 Å². The number of ether oxygens (including phenoxy) is 1. The first-order valence-corrected chi connectivity index (χ1v) is 10.3. The predicted molar refractivity (Wildman–Crippen MR) is 114 cm³/mol. The Balaban J connectivity index is 1.54. The van der Waals surface area contributed by atoms with Gasteiger partial charge in [-0.05, 0) is 40.8 Å². The molecule has 4 rings (SSSR count). The molecular formula is C25H22F3NO3. The van der Waals surface area contributed by atoms with Crippen LogP contribution in [0.2, 0.25) is 0 Å². The predicted octanol–water partition coefficient (Wildman–Crippen LogP) is 5.65. The summed E-state index contributed by atoms with van der Waals surface area (Å²) in [5, 5.41) is 10.0. The monoisotopic (exact) mass is 441 g/mol. The molecule has 7 heteroatoms. The van der Waals surface area contributed by atoms with Crippen LogP contribution >= 0.6 is 0 Å². The van der Waals surface area contributed by atoms with Crippen molar-refractivity contribution in [1.29, 1.82) is 0 Å². The van der Waals surface area contributed by atoms with E-state index in [1.807, 2.05) is 54.6 Å². The van der Waals surface area contributed by atoms with Crippen LogP contribution in [0, 0.1) is 0 Å². The Kier molecular flexibility index (Phi) is 6.19. The Bertz CT molecular complexity index is 1050. The average molecular weight is 441 g/mol. The lowest BCUT2D eigenvalue weighted by molar-refractivity contribution is -0.274. The van der Waals surface area contributed by atoms with Gasteiger partial charge in [0.15, 0.2) is 0 Å². The fourth-order valence-corrected chi connectivity index (χ4v) is 4.20. The van der Waals surface area contributed by atoms with Crippen molar-refractivity contribution in [2.75, 3.05) is 6.61 Å². The van der Waals surface area contributed by atoms with Crippen LogP contribution in [0.25, 0.3) is 11.1 Å². The molecule has 0 radical (unpaired) electrons. The minimum atomic E-state index is -4.72. The van der Waals surface area contributed by atoms with Crippen molar-refractivity contribution in [3.63, 3.8) is 0 Å². The molecule has 0 saturated carbocycles. The molecule has 1 amide bonds. The lowest BCUT2D eigenvalue weighted by Gasteiger charge is -2.33. The summed E-state index contributed by atoms with van der Waals surface area (Å²) in [7, 11) is 0. The molecule has 3 aromatic rings. The molecule has 166 valence electrons. The molecule has 1 N–H and O–H groups in total. The van der Waals surface area contributed by atoms with Crippen LogP contribution in [0.1, 0.15) is 36.1 Å². The van der Waals surface area contributed by atoms with Gasteiger partial charge in [0.2, 0.25) is 5.91 Å². The van der Waals surface area contributed by atoms with Gasteiger partial charge >= 0.3 is 6.36 Å². The van der Waals surface area contributed by atoms with Crippen LogP contribution in [0.4, 0.5) is 13.2 Å². The molecule has 2 atom stereocenters. The van der Waals surface area contributed by atoms with Crippen LogP contribution in [0.3, 0.4) is 0 Å². The number of aliphatic hydroxyl groups is 1. The Morgan fingerprint density at radius 3 is 2.09 bits per heavy atom. The average Bonchev–Trinajstić information content (AvgIpc) is 3.16. The highest BCUT2D eigenvalue weighted by Gasteiger charge is 2.37. The second-order valence-electron chi connectivity index (χ2n) is 7.66. The Morgan fingerprint density at radius 2 is 1.53 bits per heavy atom. The summed E-state index contributed by atoms with van der Waals surface area (Å²) in [5.74, 6) is -0.267. The van der Waals surface area contributed by atoms with E-state index in [4.69, 9.17) is 0 Å². The van der Waals surface area contributed by atoms with Gasteiger partial charge in [-0.1, -0.05) is 66.7 Å². The molecule has 1 saturated heterocycles. The van der Waals surface area contributed by atoms with E-state index in [0.717, 1.165) is 22.3 Å². The summed E-state index contributed by atoms with van der Waals surface area (Å²) in [6, 6.07) is 22.2. The first-order valence-electron chi connectivity index (χ1n) is 10.3. The van der Waals surface area contributed by atoms with Gasteiger partial charge < -0.3 is 14.7 Å². The van der Waals surface area contributed by atoms with Crippen molar-refractivity contribution >= 4 is 5.91 Å². The number of aliphatic hydroxyl groups excluding tert-OH is 1. The van der Waals surface area contributed by atoms with Crippen molar-refractivity contribution in [2.24, 2.45) is 0 Å². The van der Waals surface area contributed by atoms with Gasteiger partial charge in [0.25, 0.3) is 0 Å². The molecule has 0 aliphatic carbocycles. The zero-order valence-electron chi connectivity index (χ0n) is 17.1. The number of likely N-dealkylation sites (tertiary alicyclic amines) is 1. The van der Waals surface area contributed by atoms with Crippen molar-refractivity contribution in [3.8, 4) is 16.9 Å². The lowest BCUT2D eigenvalue weighted by Crippen LogP contribution is -2.34. The lowest BCUT2D eigenvalue weighted by atomic mass is 9.97. The van der Waals surface area contributed by atoms with Gasteiger partial charge in [-0.3, -0.25) is 4.79 Å². The molecule has 1 fully saturated rings. The van der Waals surface area contributed by atoms with Crippen LogP contribution in [-0.2, 0) is 4.79 Å². The minimum absolute atomic E-state index is 0.00207. The summed E-state index contributed by atoms with van der Waals surface area (Å²) in [5.41, 5.74) is 3.42. The molecular weight excluding hydrogens is 419 g/mol. The third-order valence-electron chi connectivity index (χ3n) is 5.67. The maximum atomic E-state index is 12.7. The second-order valence-corrected chi connectivity index (χ2v) is 7.66. The van der Waals surface area contributed by atoms with Gasteiger partial charge in [-0.15, -0.1) is 13.2 Å². The maximum absolute atomic E-state index is 12.7. The Morgan fingerprint density at radius 1 is 0.938 bits per heavy atom. The Hall–Kier alpha value is -3.32. The van der Waals surface area contributed by atoms with Crippen molar-refractivity contribution in [3.05, 3.63) is 90.0 Å². The molecule has 1 unspecified atom stereocenters. The van der Waals surface area contributed by atoms with Crippen molar-refractivity contribution in [2.45, 2.75) is 31.3 Å². The van der Waals surface area contributed by atoms with Gasteiger partial charge in [-0.25, -0.2) is 0 Å². The number of rotatable bonds is 6. The number of carbonyl (C=O) groups excluding carboxylic acids is 1. The van der Waals surface area contributed by atoms with E-state index in [0.29, 0.717) is 12.8 Å². The van der Waals surface area contributed by atoms with Gasteiger partial charge in [0.1, 0.15) is 5.75 Å². The Labute approximate surface area is 183 Å². The number of benzene rings is 3. The van der Waals surface area contributed by atoms with Gasteiger partial charge in [0.05, 0.1) is 18.7 Å². The van der Waals surface area contributed by atoms with Crippen LogP contribution < -0.4 is 4.74 Å². The quantitative estimate of drug-likeness (QED) is 0.538. The molecule has 32 heavy (non-hydrogen) atoms. The fourth-order valence-electron chi connectivity index (χ4n) is 4.20. The topological polar surface area (TPSA) is 49.8 Å². The van der Waals surface area contributed by atoms with E-state index in [-0.39, 0.29) is 24.3 Å². The van der Waals surface area contributed by atoms with Crippen molar-refractivity contribution < 1.29 is 27.8 Å². The molecule has 0 aromatic heterocycles. The number of carbonyl (C=O) groups is 1. The second kappa shape index (κ2) is 9.04. The number of nitrogens with zero attached hydrogens (tertiary/aromatic N) is 1. The standard InChI is InChI=1S/C25H22F3NO3/c26-25(27,28)32-21-12-10-18(11-13-21)17-6-8-20(9-7-17)22-14-15-24(31)29(22)23(16-30)19-4-2-1-3-5-19/h1-13,22-23,30H,14-16H2/t22?,23-/m0/s1. The molecule has 1 heterocycles. The van der Waals surface area contributed by atoms with E-state index < -0.39 is 12.4 Å². The summed E-state index contributed by atoms with van der Waals surface area (Å²) < 4.78 is 40.9. The van der Waals surface area contributed by atoms with E-state index >= 15 is 0 Å². The zero-order chi connectivity index (χ0) is 22.7. The highest BCUT2D eigenvalue weighted by atomic mass is 19.4. The molecule has 0 bridgehead atoms. The fraction of sp³-hybridized carbons (Fsp3) is 0.240. The van der Waals surface area contributed by atoms with Gasteiger partial charge in [0, 0.05) is 6.42 Å². The molecule has 0 spiro atoms. The van der Waals surface area contributed by atoms with Gasteiger partial charge in [-0.2, -0.15) is 0 Å². The smallest absolute Gasteiger partial charge is 0.406 e. The third kappa shape index (κ3) is 4.78. The number of hydrogen-bond donors (Lipinski definition) is 1. The molecule has 1 aliphatic rings. The van der Waals surface area contributed by atoms with Crippen LogP contribution in [-0.4, -0.2) is 28.9 Å². The largest absolute Gasteiger partial charge is 0.573 e. The van der Waals surface area contributed by atoms with E-state index in [9.17, 15) is 23.1 Å². The number of halogens is 3. The van der Waals surface area contributed by atoms with Crippen molar-refractivity contribution in [1.82, 2.24) is 4.90 Å². The number of amides is 1. The third-order valence-corrected chi connectivity index (χ3v) is 5.67. The first kappa shape index (κ1) is 21.9. The summed E-state index contributed by atoms with van der Waals surface area (Å²) in [6.07, 6.45) is -3.65. The molecule has 4 nitrogen and oxygen atoms in total. The van der Waals surface area contributed by atoms with Crippen LogP contribution in [0.15, 0.2) is 78.9 Å². The normalized spacial score (nSPS) is 17.4.